The van der Waals surface area contributed by atoms with Crippen LogP contribution in [0, 0.1) is 27.7 Å². The van der Waals surface area contributed by atoms with E-state index >= 15 is 0 Å². The largest absolute Gasteiger partial charge is 0.326 e. The van der Waals surface area contributed by atoms with E-state index in [1.165, 1.54) is 12.1 Å². The number of carbonyl (C=O) groups is 1. The van der Waals surface area contributed by atoms with Crippen LogP contribution in [0.5, 0.6) is 0 Å². The van der Waals surface area contributed by atoms with Crippen molar-refractivity contribution < 1.29 is 13.2 Å². The highest BCUT2D eigenvalue weighted by Gasteiger charge is 2.16. The lowest BCUT2D eigenvalue weighted by Crippen LogP contribution is -2.16. The van der Waals surface area contributed by atoms with Crippen LogP contribution in [0.2, 0.25) is 0 Å². The van der Waals surface area contributed by atoms with Crippen molar-refractivity contribution in [2.45, 2.75) is 39.0 Å². The van der Waals surface area contributed by atoms with Gasteiger partial charge in [-0.2, -0.15) is 0 Å². The monoisotopic (exact) mass is 422 g/mol. The van der Waals surface area contributed by atoms with Gasteiger partial charge in [-0.3, -0.25) is 9.52 Å². The Bertz CT molecular complexity index is 1180. The minimum atomic E-state index is -3.72. The summed E-state index contributed by atoms with van der Waals surface area (Å²) in [6.45, 7) is 7.73. The molecule has 0 unspecified atom stereocenters. The van der Waals surface area contributed by atoms with Crippen molar-refractivity contribution >= 4 is 27.3 Å². The van der Waals surface area contributed by atoms with Gasteiger partial charge in [0.1, 0.15) is 0 Å². The van der Waals surface area contributed by atoms with Gasteiger partial charge in [0.25, 0.3) is 10.0 Å². The van der Waals surface area contributed by atoms with Crippen molar-refractivity contribution in [2.24, 2.45) is 0 Å². The molecule has 0 saturated carbocycles. The van der Waals surface area contributed by atoms with Gasteiger partial charge in [0, 0.05) is 5.69 Å². The lowest BCUT2D eigenvalue weighted by molar-refractivity contribution is -0.115. The number of carbonyl (C=O) groups excluding carboxylic acids is 1. The third-order valence-corrected chi connectivity index (χ3v) is 6.32. The van der Waals surface area contributed by atoms with Crippen molar-refractivity contribution in [1.82, 2.24) is 0 Å². The maximum absolute atomic E-state index is 12.7. The zero-order chi connectivity index (χ0) is 21.9. The van der Waals surface area contributed by atoms with E-state index in [9.17, 15) is 13.2 Å². The Balaban J connectivity index is 1.70. The molecule has 0 aliphatic carbocycles. The molecule has 2 N–H and O–H groups in total. The smallest absolute Gasteiger partial charge is 0.261 e. The second-order valence-corrected chi connectivity index (χ2v) is 9.29. The van der Waals surface area contributed by atoms with Gasteiger partial charge in [0.15, 0.2) is 0 Å². The van der Waals surface area contributed by atoms with E-state index in [1.807, 2.05) is 58.0 Å². The quantitative estimate of drug-likeness (QED) is 0.593. The molecule has 0 fully saturated rings. The molecule has 0 heterocycles. The number of rotatable bonds is 6. The molecule has 6 heteroatoms. The van der Waals surface area contributed by atoms with Crippen molar-refractivity contribution in [2.75, 3.05) is 10.0 Å². The fraction of sp³-hybridized carbons (Fsp3) is 0.208. The van der Waals surface area contributed by atoms with E-state index in [2.05, 4.69) is 10.0 Å². The first-order chi connectivity index (χ1) is 14.1. The Morgan fingerprint density at radius 1 is 0.800 bits per heavy atom. The minimum Gasteiger partial charge on any atom is -0.326 e. The van der Waals surface area contributed by atoms with Crippen LogP contribution in [-0.4, -0.2) is 14.3 Å². The predicted molar refractivity (Wildman–Crippen MR) is 121 cm³/mol. The minimum absolute atomic E-state index is 0.135. The summed E-state index contributed by atoms with van der Waals surface area (Å²) in [4.78, 5) is 12.5. The molecule has 3 aromatic rings. The van der Waals surface area contributed by atoms with Gasteiger partial charge in [-0.05, 0) is 80.3 Å². The van der Waals surface area contributed by atoms with Gasteiger partial charge in [0.05, 0.1) is 17.0 Å². The van der Waals surface area contributed by atoms with Crippen LogP contribution in [0.15, 0.2) is 65.6 Å². The van der Waals surface area contributed by atoms with Crippen molar-refractivity contribution in [3.8, 4) is 0 Å². The van der Waals surface area contributed by atoms with Crippen LogP contribution in [0.25, 0.3) is 0 Å². The molecule has 3 rings (SSSR count). The maximum Gasteiger partial charge on any atom is 0.261 e. The van der Waals surface area contributed by atoms with Crippen LogP contribution in [-0.2, 0) is 21.2 Å². The van der Waals surface area contributed by atoms with Gasteiger partial charge < -0.3 is 5.32 Å². The Hall–Kier alpha value is -3.12. The Morgan fingerprint density at radius 3 is 2.07 bits per heavy atom. The van der Waals surface area contributed by atoms with Gasteiger partial charge in [-0.15, -0.1) is 0 Å². The number of amides is 1. The average Bonchev–Trinajstić information content (AvgIpc) is 2.68. The first-order valence-electron chi connectivity index (χ1n) is 9.70. The SMILES string of the molecule is Cc1ccc(C)c(CC(=O)Nc2ccc(S(=O)(=O)Nc3cc(C)ccc3C)cc2)c1. The lowest BCUT2D eigenvalue weighted by atomic mass is 10.0. The highest BCUT2D eigenvalue weighted by molar-refractivity contribution is 7.92. The number of sulfonamides is 1. The van der Waals surface area contributed by atoms with Crippen molar-refractivity contribution in [1.29, 1.82) is 0 Å². The summed E-state index contributed by atoms with van der Waals surface area (Å²) in [5, 5.41) is 2.83. The topological polar surface area (TPSA) is 75.3 Å². The highest BCUT2D eigenvalue weighted by atomic mass is 32.2. The number of nitrogens with one attached hydrogen (secondary N) is 2. The molecule has 5 nitrogen and oxygen atoms in total. The average molecular weight is 423 g/mol. The first kappa shape index (κ1) is 21.6. The van der Waals surface area contributed by atoms with Gasteiger partial charge >= 0.3 is 0 Å². The predicted octanol–water partition coefficient (Wildman–Crippen LogP) is 4.90. The van der Waals surface area contributed by atoms with Crippen LogP contribution < -0.4 is 10.0 Å². The highest BCUT2D eigenvalue weighted by Crippen LogP contribution is 2.22. The van der Waals surface area contributed by atoms with Gasteiger partial charge in [-0.1, -0.05) is 35.9 Å². The summed E-state index contributed by atoms with van der Waals surface area (Å²) in [5.41, 5.74) is 6.07. The zero-order valence-electron chi connectivity index (χ0n) is 17.6. The summed E-state index contributed by atoms with van der Waals surface area (Å²) in [7, 11) is -3.72. The number of hydrogen-bond acceptors (Lipinski definition) is 3. The maximum atomic E-state index is 12.7. The molecular weight excluding hydrogens is 396 g/mol. The Morgan fingerprint density at radius 2 is 1.40 bits per heavy atom. The molecule has 0 radical (unpaired) electrons. The second kappa shape index (κ2) is 8.71. The molecule has 0 atom stereocenters. The molecular formula is C24H26N2O3S. The van der Waals surface area contributed by atoms with Crippen molar-refractivity contribution in [3.05, 3.63) is 88.5 Å². The fourth-order valence-electron chi connectivity index (χ4n) is 3.14. The fourth-order valence-corrected chi connectivity index (χ4v) is 4.26. The Kier molecular flexibility index (Phi) is 6.27. The third-order valence-electron chi connectivity index (χ3n) is 4.94. The number of hydrogen-bond donors (Lipinski definition) is 2. The standard InChI is InChI=1S/C24H26N2O3S/c1-16-5-7-18(3)20(13-16)15-24(27)25-21-9-11-22(12-10-21)30(28,29)26-23-14-17(2)6-8-19(23)4/h5-14,26H,15H2,1-4H3,(H,25,27). The van der Waals surface area contributed by atoms with Crippen LogP contribution in [0.1, 0.15) is 27.8 Å². The van der Waals surface area contributed by atoms with Crippen LogP contribution in [0.3, 0.4) is 0 Å². The molecule has 0 aliphatic heterocycles. The number of aryl methyl sites for hydroxylation is 4. The molecule has 0 saturated heterocycles. The number of benzene rings is 3. The summed E-state index contributed by atoms with van der Waals surface area (Å²) < 4.78 is 28.1. The molecule has 0 aromatic heterocycles. The van der Waals surface area contributed by atoms with Crippen LogP contribution >= 0.6 is 0 Å². The van der Waals surface area contributed by atoms with Gasteiger partial charge in [-0.25, -0.2) is 8.42 Å². The van der Waals surface area contributed by atoms with Crippen LogP contribution in [0.4, 0.5) is 11.4 Å². The van der Waals surface area contributed by atoms with E-state index in [0.29, 0.717) is 11.4 Å². The summed E-state index contributed by atoms with van der Waals surface area (Å²) in [6.07, 6.45) is 0.266. The van der Waals surface area contributed by atoms with E-state index < -0.39 is 10.0 Å². The zero-order valence-corrected chi connectivity index (χ0v) is 18.4. The lowest BCUT2D eigenvalue weighted by Gasteiger charge is -2.12. The summed E-state index contributed by atoms with van der Waals surface area (Å²) in [6, 6.07) is 17.8. The summed E-state index contributed by atoms with van der Waals surface area (Å²) in [5.74, 6) is -0.146. The number of anilines is 2. The van der Waals surface area contributed by atoms with E-state index in [1.54, 1.807) is 18.2 Å². The molecule has 30 heavy (non-hydrogen) atoms. The normalized spacial score (nSPS) is 11.2. The Labute approximate surface area is 178 Å². The molecule has 0 spiro atoms. The van der Waals surface area contributed by atoms with E-state index in [4.69, 9.17) is 0 Å². The molecule has 0 aliphatic rings. The second-order valence-electron chi connectivity index (χ2n) is 7.60. The van der Waals surface area contributed by atoms with Crippen molar-refractivity contribution in [3.63, 3.8) is 0 Å². The molecule has 156 valence electrons. The van der Waals surface area contributed by atoms with E-state index in [-0.39, 0.29) is 17.2 Å². The molecule has 1 amide bonds. The molecule has 3 aromatic carbocycles. The summed E-state index contributed by atoms with van der Waals surface area (Å²) >= 11 is 0. The molecule has 0 bridgehead atoms. The first-order valence-corrected chi connectivity index (χ1v) is 11.2. The third kappa shape index (κ3) is 5.27. The van der Waals surface area contributed by atoms with E-state index in [0.717, 1.165) is 27.8 Å². The van der Waals surface area contributed by atoms with Gasteiger partial charge in [0.2, 0.25) is 5.91 Å².